The molecule has 0 bridgehead atoms. The maximum atomic E-state index is 11.6. The highest BCUT2D eigenvalue weighted by Crippen LogP contribution is 2.18. The SMILES string of the molecule is O=C(CNC1CCC(O)CC1)c1nccs1. The number of rotatable bonds is 4. The smallest absolute Gasteiger partial charge is 0.205 e. The molecule has 88 valence electrons. The summed E-state index contributed by atoms with van der Waals surface area (Å²) in [7, 11) is 0. The van der Waals surface area contributed by atoms with Crippen LogP contribution in [0.2, 0.25) is 0 Å². The molecule has 0 spiro atoms. The molecule has 4 nitrogen and oxygen atoms in total. The van der Waals surface area contributed by atoms with Crippen LogP contribution < -0.4 is 5.32 Å². The van der Waals surface area contributed by atoms with Gasteiger partial charge in [0.2, 0.25) is 5.78 Å². The van der Waals surface area contributed by atoms with Gasteiger partial charge in [-0.2, -0.15) is 0 Å². The van der Waals surface area contributed by atoms with Crippen LogP contribution in [0.15, 0.2) is 11.6 Å². The summed E-state index contributed by atoms with van der Waals surface area (Å²) < 4.78 is 0. The highest BCUT2D eigenvalue weighted by molar-refractivity contribution is 7.11. The number of aromatic nitrogens is 1. The van der Waals surface area contributed by atoms with Crippen molar-refractivity contribution in [2.45, 2.75) is 37.8 Å². The van der Waals surface area contributed by atoms with Crippen molar-refractivity contribution < 1.29 is 9.90 Å². The molecule has 0 atom stereocenters. The Morgan fingerprint density at radius 2 is 2.25 bits per heavy atom. The number of carbonyl (C=O) groups is 1. The maximum Gasteiger partial charge on any atom is 0.205 e. The molecule has 16 heavy (non-hydrogen) atoms. The van der Waals surface area contributed by atoms with Gasteiger partial charge >= 0.3 is 0 Å². The van der Waals surface area contributed by atoms with Crippen molar-refractivity contribution in [1.82, 2.24) is 10.3 Å². The van der Waals surface area contributed by atoms with Crippen molar-refractivity contribution in [3.8, 4) is 0 Å². The van der Waals surface area contributed by atoms with Gasteiger partial charge in [-0.15, -0.1) is 11.3 Å². The van der Waals surface area contributed by atoms with Gasteiger partial charge in [0.25, 0.3) is 0 Å². The van der Waals surface area contributed by atoms with Crippen LogP contribution in [0.4, 0.5) is 0 Å². The normalized spacial score (nSPS) is 25.6. The molecule has 0 unspecified atom stereocenters. The van der Waals surface area contributed by atoms with E-state index in [2.05, 4.69) is 10.3 Å². The summed E-state index contributed by atoms with van der Waals surface area (Å²) in [4.78, 5) is 15.6. The molecule has 1 aliphatic carbocycles. The average molecular weight is 240 g/mol. The molecule has 0 aliphatic heterocycles. The number of hydrogen-bond donors (Lipinski definition) is 2. The van der Waals surface area contributed by atoms with Crippen LogP contribution in [0.5, 0.6) is 0 Å². The minimum absolute atomic E-state index is 0.0566. The molecule has 1 fully saturated rings. The maximum absolute atomic E-state index is 11.6. The highest BCUT2D eigenvalue weighted by atomic mass is 32.1. The van der Waals surface area contributed by atoms with E-state index in [1.807, 2.05) is 5.38 Å². The zero-order valence-electron chi connectivity index (χ0n) is 9.06. The van der Waals surface area contributed by atoms with Crippen LogP contribution in [0.3, 0.4) is 0 Å². The molecule has 1 heterocycles. The van der Waals surface area contributed by atoms with E-state index in [1.165, 1.54) is 11.3 Å². The van der Waals surface area contributed by atoms with Crippen LogP contribution in [0.25, 0.3) is 0 Å². The zero-order chi connectivity index (χ0) is 11.4. The van der Waals surface area contributed by atoms with Crippen LogP contribution in [0, 0.1) is 0 Å². The zero-order valence-corrected chi connectivity index (χ0v) is 9.87. The number of carbonyl (C=O) groups excluding carboxylic acids is 1. The molecule has 1 aromatic rings. The fourth-order valence-corrected chi connectivity index (χ4v) is 2.53. The number of ketones is 1. The van der Waals surface area contributed by atoms with Crippen LogP contribution in [-0.2, 0) is 0 Å². The van der Waals surface area contributed by atoms with Gasteiger partial charge in [-0.1, -0.05) is 0 Å². The number of hydrogen-bond acceptors (Lipinski definition) is 5. The van der Waals surface area contributed by atoms with Gasteiger partial charge in [0.1, 0.15) is 0 Å². The molecule has 1 aliphatic rings. The Labute approximate surface area is 98.7 Å². The van der Waals surface area contributed by atoms with Gasteiger partial charge in [0.05, 0.1) is 12.6 Å². The Hall–Kier alpha value is -0.780. The number of aliphatic hydroxyl groups is 1. The van der Waals surface area contributed by atoms with Crippen molar-refractivity contribution in [3.05, 3.63) is 16.6 Å². The first-order valence-corrected chi connectivity index (χ1v) is 6.48. The topological polar surface area (TPSA) is 62.2 Å². The molecule has 0 radical (unpaired) electrons. The first-order valence-electron chi connectivity index (χ1n) is 5.60. The summed E-state index contributed by atoms with van der Waals surface area (Å²) in [5, 5.41) is 15.0. The van der Waals surface area contributed by atoms with Crippen molar-refractivity contribution in [1.29, 1.82) is 0 Å². The van der Waals surface area contributed by atoms with Crippen molar-refractivity contribution in [3.63, 3.8) is 0 Å². The second-order valence-electron chi connectivity index (χ2n) is 4.15. The van der Waals surface area contributed by atoms with Gasteiger partial charge in [-0.25, -0.2) is 4.98 Å². The Balaban J connectivity index is 1.73. The summed E-state index contributed by atoms with van der Waals surface area (Å²) in [6, 6.07) is 0.368. The molecule has 0 aromatic carbocycles. The summed E-state index contributed by atoms with van der Waals surface area (Å²) in [6.07, 6.45) is 5.08. The molecule has 0 amide bonds. The molecular formula is C11H16N2O2S. The van der Waals surface area contributed by atoms with Crippen LogP contribution in [0.1, 0.15) is 35.5 Å². The summed E-state index contributed by atoms with van der Waals surface area (Å²) in [6.45, 7) is 0.355. The van der Waals surface area contributed by atoms with E-state index >= 15 is 0 Å². The van der Waals surface area contributed by atoms with Crippen LogP contribution >= 0.6 is 11.3 Å². The number of Topliss-reactive ketones (excluding diaryl/α,β-unsaturated/α-hetero) is 1. The van der Waals surface area contributed by atoms with Gasteiger partial charge in [-0.3, -0.25) is 4.79 Å². The quantitative estimate of drug-likeness (QED) is 0.777. The second-order valence-corrected chi connectivity index (χ2v) is 5.04. The summed E-state index contributed by atoms with van der Waals surface area (Å²) >= 11 is 1.38. The first kappa shape index (κ1) is 11.7. The monoisotopic (exact) mass is 240 g/mol. The number of aliphatic hydroxyl groups excluding tert-OH is 1. The standard InChI is InChI=1S/C11H16N2O2S/c14-9-3-1-8(2-4-9)13-7-10(15)11-12-5-6-16-11/h5-6,8-9,13-14H,1-4,7H2. The van der Waals surface area contributed by atoms with Gasteiger partial charge in [0.15, 0.2) is 5.01 Å². The molecule has 2 N–H and O–H groups in total. The summed E-state index contributed by atoms with van der Waals surface area (Å²) in [5.41, 5.74) is 0. The molecule has 0 saturated heterocycles. The summed E-state index contributed by atoms with van der Waals surface area (Å²) in [5.74, 6) is 0.0566. The van der Waals surface area contributed by atoms with Crippen molar-refractivity contribution in [2.24, 2.45) is 0 Å². The third-order valence-corrected chi connectivity index (χ3v) is 3.73. The van der Waals surface area contributed by atoms with Crippen LogP contribution in [-0.4, -0.2) is 34.6 Å². The Bertz CT molecular complexity index is 332. The second kappa shape index (κ2) is 5.52. The largest absolute Gasteiger partial charge is 0.393 e. The van der Waals surface area contributed by atoms with Crippen molar-refractivity contribution in [2.75, 3.05) is 6.54 Å². The minimum atomic E-state index is -0.146. The molecule has 1 saturated carbocycles. The average Bonchev–Trinajstić information content (AvgIpc) is 2.81. The lowest BCUT2D eigenvalue weighted by atomic mass is 9.93. The predicted octanol–water partition coefficient (Wildman–Crippen LogP) is 1.22. The van der Waals surface area contributed by atoms with E-state index < -0.39 is 0 Å². The van der Waals surface area contributed by atoms with E-state index in [9.17, 15) is 9.90 Å². The number of thiazole rings is 1. The number of nitrogens with zero attached hydrogens (tertiary/aromatic N) is 1. The van der Waals surface area contributed by atoms with Gasteiger partial charge in [-0.05, 0) is 25.7 Å². The van der Waals surface area contributed by atoms with E-state index in [4.69, 9.17) is 0 Å². The Morgan fingerprint density at radius 1 is 1.50 bits per heavy atom. The first-order chi connectivity index (χ1) is 7.75. The third-order valence-electron chi connectivity index (χ3n) is 2.92. The fraction of sp³-hybridized carbons (Fsp3) is 0.636. The molecule has 1 aromatic heterocycles. The Morgan fingerprint density at radius 3 is 2.88 bits per heavy atom. The number of nitrogens with one attached hydrogen (secondary N) is 1. The van der Waals surface area contributed by atoms with E-state index in [0.717, 1.165) is 25.7 Å². The van der Waals surface area contributed by atoms with E-state index in [0.29, 0.717) is 17.6 Å². The predicted molar refractivity (Wildman–Crippen MR) is 62.7 cm³/mol. The van der Waals surface area contributed by atoms with Gasteiger partial charge in [0, 0.05) is 17.6 Å². The van der Waals surface area contributed by atoms with E-state index in [1.54, 1.807) is 6.20 Å². The van der Waals surface area contributed by atoms with Crippen molar-refractivity contribution >= 4 is 17.1 Å². The molecule has 5 heteroatoms. The highest BCUT2D eigenvalue weighted by Gasteiger charge is 2.19. The lowest BCUT2D eigenvalue weighted by Gasteiger charge is -2.25. The molecular weight excluding hydrogens is 224 g/mol. The lowest BCUT2D eigenvalue weighted by Crippen LogP contribution is -2.37. The van der Waals surface area contributed by atoms with E-state index in [-0.39, 0.29) is 11.9 Å². The fourth-order valence-electron chi connectivity index (χ4n) is 1.95. The third kappa shape index (κ3) is 3.10. The molecule has 2 rings (SSSR count). The minimum Gasteiger partial charge on any atom is -0.393 e. The lowest BCUT2D eigenvalue weighted by molar-refractivity contribution is 0.0964. The van der Waals surface area contributed by atoms with Gasteiger partial charge < -0.3 is 10.4 Å². The Kier molecular flexibility index (Phi) is 4.04.